The van der Waals surface area contributed by atoms with Crippen LogP contribution in [0.3, 0.4) is 0 Å². The number of pyridine rings is 1. The highest BCUT2D eigenvalue weighted by Crippen LogP contribution is 2.36. The number of rotatable bonds is 5. The molecule has 0 radical (unpaired) electrons. The molecule has 0 saturated carbocycles. The molecule has 2 heterocycles. The molecule has 0 aliphatic carbocycles. The van der Waals surface area contributed by atoms with Crippen LogP contribution in [0.25, 0.3) is 22.0 Å². The molecule has 5 rings (SSSR count). The molecule has 1 atom stereocenters. The van der Waals surface area contributed by atoms with E-state index in [9.17, 15) is 0 Å². The normalized spacial score (nSPS) is 17.7. The molecular weight excluding hydrogens is 380 g/mol. The van der Waals surface area contributed by atoms with E-state index >= 15 is 0 Å². The third-order valence-electron chi connectivity index (χ3n) is 5.72. The third-order valence-corrected chi connectivity index (χ3v) is 5.72. The smallest absolute Gasteiger partial charge is 0.127 e. The van der Waals surface area contributed by atoms with E-state index in [1.165, 1.54) is 0 Å². The summed E-state index contributed by atoms with van der Waals surface area (Å²) in [4.78, 5) is 9.78. The molecule has 152 valence electrons. The average molecular weight is 405 g/mol. The lowest BCUT2D eigenvalue weighted by Crippen LogP contribution is -2.16. The van der Waals surface area contributed by atoms with E-state index in [0.29, 0.717) is 6.61 Å². The molecule has 0 fully saturated rings. The van der Waals surface area contributed by atoms with E-state index < -0.39 is 5.54 Å². The number of hydrogen-bond donors (Lipinski definition) is 0. The van der Waals surface area contributed by atoms with Crippen molar-refractivity contribution in [2.45, 2.75) is 26.0 Å². The Bertz CT molecular complexity index is 1310. The number of aliphatic imine (C=N–C) groups is 1. The number of allylic oxidation sites excluding steroid dienone is 1. The Morgan fingerprint density at radius 1 is 0.806 bits per heavy atom. The van der Waals surface area contributed by atoms with Crippen LogP contribution < -0.4 is 4.74 Å². The van der Waals surface area contributed by atoms with Crippen LogP contribution in [0.15, 0.2) is 102 Å². The van der Waals surface area contributed by atoms with Crippen molar-refractivity contribution in [3.8, 4) is 17.0 Å². The molecule has 0 spiro atoms. The van der Waals surface area contributed by atoms with Gasteiger partial charge in [0, 0.05) is 16.7 Å². The number of fused-ring (bicyclic) bond motifs is 1. The molecule has 1 aromatic heterocycles. The minimum Gasteiger partial charge on any atom is -0.488 e. The van der Waals surface area contributed by atoms with Gasteiger partial charge in [0.1, 0.15) is 17.9 Å². The second kappa shape index (κ2) is 7.84. The highest BCUT2D eigenvalue weighted by Gasteiger charge is 2.27. The van der Waals surface area contributed by atoms with E-state index in [2.05, 4.69) is 79.7 Å². The van der Waals surface area contributed by atoms with Crippen molar-refractivity contribution in [1.29, 1.82) is 0 Å². The number of hydrogen-bond acceptors (Lipinski definition) is 3. The number of benzene rings is 3. The van der Waals surface area contributed by atoms with Gasteiger partial charge >= 0.3 is 0 Å². The Hall–Kier alpha value is -3.72. The fourth-order valence-electron chi connectivity index (χ4n) is 4.09. The fourth-order valence-corrected chi connectivity index (χ4v) is 4.09. The Balaban J connectivity index is 1.53. The Kier molecular flexibility index (Phi) is 4.87. The maximum absolute atomic E-state index is 6.18. The van der Waals surface area contributed by atoms with Gasteiger partial charge in [-0.15, -0.1) is 0 Å². The lowest BCUT2D eigenvalue weighted by atomic mass is 9.96. The number of nitrogens with zero attached hydrogens (tertiary/aromatic N) is 2. The van der Waals surface area contributed by atoms with Crippen molar-refractivity contribution in [3.63, 3.8) is 0 Å². The summed E-state index contributed by atoms with van der Waals surface area (Å²) in [5.41, 5.74) is 4.76. The zero-order chi connectivity index (χ0) is 21.3. The summed E-state index contributed by atoms with van der Waals surface area (Å²) in [5.74, 6) is 0.880. The third kappa shape index (κ3) is 3.75. The topological polar surface area (TPSA) is 34.5 Å². The van der Waals surface area contributed by atoms with Crippen LogP contribution >= 0.6 is 0 Å². The van der Waals surface area contributed by atoms with Gasteiger partial charge in [-0.25, -0.2) is 4.98 Å². The van der Waals surface area contributed by atoms with Gasteiger partial charge in [-0.05, 0) is 61.2 Å². The highest BCUT2D eigenvalue weighted by molar-refractivity contribution is 5.99. The van der Waals surface area contributed by atoms with Crippen LogP contribution in [-0.4, -0.2) is 10.7 Å². The Morgan fingerprint density at radius 2 is 1.58 bits per heavy atom. The molecule has 0 N–H and O–H groups in total. The van der Waals surface area contributed by atoms with Gasteiger partial charge in [-0.2, -0.15) is 0 Å². The van der Waals surface area contributed by atoms with Crippen LogP contribution in [0.1, 0.15) is 25.1 Å². The minimum absolute atomic E-state index is 0.408. The average Bonchev–Trinajstić information content (AvgIpc) is 3.18. The maximum Gasteiger partial charge on any atom is 0.127 e. The predicted molar refractivity (Wildman–Crippen MR) is 128 cm³/mol. The summed E-state index contributed by atoms with van der Waals surface area (Å²) in [6.07, 6.45) is 4.18. The zero-order valence-electron chi connectivity index (χ0n) is 17.7. The van der Waals surface area contributed by atoms with E-state index in [4.69, 9.17) is 14.7 Å². The zero-order valence-corrected chi connectivity index (χ0v) is 17.7. The first-order chi connectivity index (χ1) is 15.1. The molecule has 3 heteroatoms. The maximum atomic E-state index is 6.18. The van der Waals surface area contributed by atoms with Gasteiger partial charge in [0.2, 0.25) is 0 Å². The molecule has 31 heavy (non-hydrogen) atoms. The number of aromatic nitrogens is 1. The molecule has 3 nitrogen and oxygen atoms in total. The van der Waals surface area contributed by atoms with Gasteiger partial charge in [-0.1, -0.05) is 60.7 Å². The molecule has 3 aromatic carbocycles. The van der Waals surface area contributed by atoms with Gasteiger partial charge in [0.05, 0.1) is 11.4 Å². The SMILES string of the molecule is CC1=NC(C)(c2cccc(-c3ccc(OCc4ccccc4)c4ccccc34)n2)C=C1. The molecule has 0 bridgehead atoms. The highest BCUT2D eigenvalue weighted by atomic mass is 16.5. The van der Waals surface area contributed by atoms with Crippen LogP contribution in [0.2, 0.25) is 0 Å². The van der Waals surface area contributed by atoms with Crippen LogP contribution in [0.5, 0.6) is 5.75 Å². The van der Waals surface area contributed by atoms with Gasteiger partial charge < -0.3 is 4.74 Å². The van der Waals surface area contributed by atoms with Crippen molar-refractivity contribution < 1.29 is 4.74 Å². The van der Waals surface area contributed by atoms with Crippen molar-refractivity contribution >= 4 is 16.5 Å². The first kappa shape index (κ1) is 19.3. The molecule has 1 aliphatic heterocycles. The molecule has 0 amide bonds. The standard InChI is InChI=1S/C28H24N2O/c1-20-17-18-28(2,30-20)27-14-8-13-25(29-27)23-15-16-26(24-12-7-6-11-22(23)24)31-19-21-9-4-3-5-10-21/h3-18H,19H2,1-2H3. The van der Waals surface area contributed by atoms with Crippen molar-refractivity contribution in [2.75, 3.05) is 0 Å². The summed E-state index contributed by atoms with van der Waals surface area (Å²) in [7, 11) is 0. The number of ether oxygens (including phenoxy) is 1. The monoisotopic (exact) mass is 404 g/mol. The first-order valence-corrected chi connectivity index (χ1v) is 10.5. The molecule has 1 aliphatic rings. The Morgan fingerprint density at radius 3 is 2.35 bits per heavy atom. The largest absolute Gasteiger partial charge is 0.488 e. The van der Waals surface area contributed by atoms with E-state index in [1.54, 1.807) is 0 Å². The van der Waals surface area contributed by atoms with Gasteiger partial charge in [0.25, 0.3) is 0 Å². The summed E-state index contributed by atoms with van der Waals surface area (Å²) in [6, 6.07) is 28.9. The quantitative estimate of drug-likeness (QED) is 0.370. The summed E-state index contributed by atoms with van der Waals surface area (Å²) in [6.45, 7) is 4.66. The van der Waals surface area contributed by atoms with E-state index in [1.807, 2.05) is 31.2 Å². The van der Waals surface area contributed by atoms with Crippen LogP contribution in [-0.2, 0) is 12.1 Å². The molecule has 1 unspecified atom stereocenters. The first-order valence-electron chi connectivity index (χ1n) is 10.5. The van der Waals surface area contributed by atoms with E-state index in [-0.39, 0.29) is 0 Å². The summed E-state index contributed by atoms with van der Waals surface area (Å²) in [5, 5.41) is 2.22. The lowest BCUT2D eigenvalue weighted by molar-refractivity contribution is 0.310. The predicted octanol–water partition coefficient (Wildman–Crippen LogP) is 6.73. The van der Waals surface area contributed by atoms with Gasteiger partial charge in [0.15, 0.2) is 0 Å². The lowest BCUT2D eigenvalue weighted by Gasteiger charge is -2.19. The van der Waals surface area contributed by atoms with Crippen molar-refractivity contribution in [1.82, 2.24) is 4.98 Å². The van der Waals surface area contributed by atoms with E-state index in [0.717, 1.165) is 44.7 Å². The second-order valence-electron chi connectivity index (χ2n) is 8.07. The minimum atomic E-state index is -0.408. The molecular formula is C28H24N2O. The fraction of sp³-hybridized carbons (Fsp3) is 0.143. The Labute approximate surface area is 182 Å². The van der Waals surface area contributed by atoms with Crippen molar-refractivity contribution in [2.24, 2.45) is 4.99 Å². The summed E-state index contributed by atoms with van der Waals surface area (Å²) >= 11 is 0. The summed E-state index contributed by atoms with van der Waals surface area (Å²) < 4.78 is 6.18. The van der Waals surface area contributed by atoms with Gasteiger partial charge in [-0.3, -0.25) is 4.99 Å². The van der Waals surface area contributed by atoms with Crippen LogP contribution in [0, 0.1) is 0 Å². The second-order valence-corrected chi connectivity index (χ2v) is 8.07. The van der Waals surface area contributed by atoms with Crippen LogP contribution in [0.4, 0.5) is 0 Å². The van der Waals surface area contributed by atoms with Crippen molar-refractivity contribution in [3.05, 3.63) is 108 Å². The molecule has 4 aromatic rings. The molecule has 0 saturated heterocycles.